The maximum atomic E-state index is 12.5. The van der Waals surface area contributed by atoms with Gasteiger partial charge in [-0.3, -0.25) is 9.59 Å². The van der Waals surface area contributed by atoms with Gasteiger partial charge in [-0.05, 0) is 56.6 Å². The molecule has 1 aromatic heterocycles. The molecule has 1 heterocycles. The Balaban J connectivity index is 1.66. The van der Waals surface area contributed by atoms with Gasteiger partial charge in [-0.25, -0.2) is 0 Å². The van der Waals surface area contributed by atoms with Gasteiger partial charge in [0.2, 0.25) is 0 Å². The molecule has 0 bridgehead atoms. The second kappa shape index (κ2) is 5.54. The number of hydrogen-bond acceptors (Lipinski definition) is 4. The first-order valence-electron chi connectivity index (χ1n) is 7.51. The third-order valence-electron chi connectivity index (χ3n) is 5.00. The van der Waals surface area contributed by atoms with Crippen LogP contribution in [0.15, 0.2) is 12.1 Å². The molecule has 2 unspecified atom stereocenters. The van der Waals surface area contributed by atoms with Crippen molar-refractivity contribution in [3.63, 3.8) is 0 Å². The third-order valence-corrected chi connectivity index (χ3v) is 6.17. The van der Waals surface area contributed by atoms with E-state index in [2.05, 4.69) is 0 Å². The number of nitrogens with zero attached hydrogens (tertiary/aromatic N) is 1. The number of fused-ring (bicyclic) bond motifs is 1. The van der Waals surface area contributed by atoms with Crippen molar-refractivity contribution in [2.24, 2.45) is 11.8 Å². The van der Waals surface area contributed by atoms with Gasteiger partial charge in [0, 0.05) is 13.1 Å². The monoisotopic (exact) mass is 307 g/mol. The van der Waals surface area contributed by atoms with Crippen LogP contribution in [0.4, 0.5) is 0 Å². The average molecular weight is 307 g/mol. The quantitative estimate of drug-likeness (QED) is 0.873. The Morgan fingerprint density at radius 3 is 2.24 bits per heavy atom. The Bertz CT molecular complexity index is 554. The van der Waals surface area contributed by atoms with Crippen molar-refractivity contribution in [3.05, 3.63) is 21.9 Å². The van der Waals surface area contributed by atoms with E-state index in [1.54, 1.807) is 12.1 Å². The highest BCUT2D eigenvalue weighted by molar-refractivity contribution is 7.15. The number of ketones is 1. The SMILES string of the molecule is CC(=O)c1ccc(C(=O)N(C)C2C[C@H]3CC(O)C[C@H]3C2)s1. The lowest BCUT2D eigenvalue weighted by atomic mass is 10.0. The molecule has 114 valence electrons. The minimum atomic E-state index is -0.141. The molecule has 4 atom stereocenters. The summed E-state index contributed by atoms with van der Waals surface area (Å²) in [5.41, 5.74) is 0. The van der Waals surface area contributed by atoms with Gasteiger partial charge in [-0.15, -0.1) is 11.3 Å². The van der Waals surface area contributed by atoms with E-state index >= 15 is 0 Å². The highest BCUT2D eigenvalue weighted by atomic mass is 32.1. The molecule has 1 N–H and O–H groups in total. The van der Waals surface area contributed by atoms with Crippen LogP contribution in [0.1, 0.15) is 52.0 Å². The summed E-state index contributed by atoms with van der Waals surface area (Å²) >= 11 is 1.28. The molecule has 2 aliphatic carbocycles. The number of amides is 1. The van der Waals surface area contributed by atoms with Crippen LogP contribution in [-0.4, -0.2) is 40.9 Å². The molecule has 2 fully saturated rings. The second-order valence-electron chi connectivity index (χ2n) is 6.41. The summed E-state index contributed by atoms with van der Waals surface area (Å²) in [6.07, 6.45) is 3.62. The minimum Gasteiger partial charge on any atom is -0.393 e. The zero-order chi connectivity index (χ0) is 15.1. The van der Waals surface area contributed by atoms with Crippen LogP contribution in [0.5, 0.6) is 0 Å². The topological polar surface area (TPSA) is 57.6 Å². The van der Waals surface area contributed by atoms with Crippen LogP contribution in [0.25, 0.3) is 0 Å². The molecule has 0 aliphatic heterocycles. The molecule has 0 saturated heterocycles. The summed E-state index contributed by atoms with van der Waals surface area (Å²) in [6.45, 7) is 1.52. The molecule has 5 heteroatoms. The van der Waals surface area contributed by atoms with Gasteiger partial charge in [-0.1, -0.05) is 0 Å². The molecular formula is C16H21NO3S. The van der Waals surface area contributed by atoms with E-state index in [1.807, 2.05) is 11.9 Å². The van der Waals surface area contributed by atoms with E-state index in [9.17, 15) is 14.7 Å². The van der Waals surface area contributed by atoms with Crippen molar-refractivity contribution < 1.29 is 14.7 Å². The first-order chi connectivity index (χ1) is 9.95. The summed E-state index contributed by atoms with van der Waals surface area (Å²) in [4.78, 5) is 27.0. The van der Waals surface area contributed by atoms with E-state index in [4.69, 9.17) is 0 Å². The van der Waals surface area contributed by atoms with Gasteiger partial charge in [0.25, 0.3) is 5.91 Å². The smallest absolute Gasteiger partial charge is 0.263 e. The molecule has 21 heavy (non-hydrogen) atoms. The average Bonchev–Trinajstić information content (AvgIpc) is 3.09. The van der Waals surface area contributed by atoms with Crippen LogP contribution < -0.4 is 0 Å². The Morgan fingerprint density at radius 1 is 1.14 bits per heavy atom. The number of aliphatic hydroxyl groups is 1. The van der Waals surface area contributed by atoms with Crippen LogP contribution in [0.3, 0.4) is 0 Å². The number of carbonyl (C=O) groups excluding carboxylic acids is 2. The summed E-state index contributed by atoms with van der Waals surface area (Å²) < 4.78 is 0. The number of hydrogen-bond donors (Lipinski definition) is 1. The number of Topliss-reactive ketones (excluding diaryl/α,β-unsaturated/α-hetero) is 1. The lowest BCUT2D eigenvalue weighted by Crippen LogP contribution is -2.35. The van der Waals surface area contributed by atoms with E-state index in [0.717, 1.165) is 25.7 Å². The Hall–Kier alpha value is -1.20. The first-order valence-corrected chi connectivity index (χ1v) is 8.33. The molecule has 3 rings (SSSR count). The lowest BCUT2D eigenvalue weighted by Gasteiger charge is -2.25. The fourth-order valence-electron chi connectivity index (χ4n) is 3.85. The molecule has 2 aliphatic rings. The third kappa shape index (κ3) is 2.77. The Morgan fingerprint density at radius 2 is 1.71 bits per heavy atom. The van der Waals surface area contributed by atoms with Gasteiger partial charge in [-0.2, -0.15) is 0 Å². The van der Waals surface area contributed by atoms with Crippen molar-refractivity contribution in [3.8, 4) is 0 Å². The van der Waals surface area contributed by atoms with Gasteiger partial charge >= 0.3 is 0 Å². The standard InChI is InChI=1S/C16H21NO3S/c1-9(18)14-3-4-15(21-14)16(20)17(2)12-5-10-7-13(19)8-11(10)6-12/h3-4,10-13,19H,5-8H2,1-2H3/t10-,11+,12?,13?. The first kappa shape index (κ1) is 14.7. The highest BCUT2D eigenvalue weighted by Gasteiger charge is 2.43. The summed E-state index contributed by atoms with van der Waals surface area (Å²) in [6, 6.07) is 3.75. The molecule has 0 aromatic carbocycles. The largest absolute Gasteiger partial charge is 0.393 e. The number of aliphatic hydroxyl groups excluding tert-OH is 1. The van der Waals surface area contributed by atoms with Crippen molar-refractivity contribution in [2.75, 3.05) is 7.05 Å². The lowest BCUT2D eigenvalue weighted by molar-refractivity contribution is 0.0727. The second-order valence-corrected chi connectivity index (χ2v) is 7.49. The molecule has 4 nitrogen and oxygen atoms in total. The molecule has 1 aromatic rings. The van der Waals surface area contributed by atoms with Gasteiger partial charge in [0.15, 0.2) is 5.78 Å². The van der Waals surface area contributed by atoms with E-state index in [-0.39, 0.29) is 23.8 Å². The molecule has 0 radical (unpaired) electrons. The predicted octanol–water partition coefficient (Wildman–Crippen LogP) is 2.57. The maximum absolute atomic E-state index is 12.5. The number of carbonyl (C=O) groups is 2. The van der Waals surface area contributed by atoms with Gasteiger partial charge < -0.3 is 10.0 Å². The van der Waals surface area contributed by atoms with E-state index in [0.29, 0.717) is 21.6 Å². The molecule has 0 spiro atoms. The van der Waals surface area contributed by atoms with Crippen molar-refractivity contribution in [1.29, 1.82) is 0 Å². The zero-order valence-electron chi connectivity index (χ0n) is 12.4. The minimum absolute atomic E-state index is 0.00564. The Labute approximate surface area is 128 Å². The molecule has 2 saturated carbocycles. The summed E-state index contributed by atoms with van der Waals surface area (Å²) in [7, 11) is 1.86. The van der Waals surface area contributed by atoms with Crippen molar-refractivity contribution >= 4 is 23.0 Å². The van der Waals surface area contributed by atoms with E-state index < -0.39 is 0 Å². The fraction of sp³-hybridized carbons (Fsp3) is 0.625. The normalized spacial score (nSPS) is 31.2. The zero-order valence-corrected chi connectivity index (χ0v) is 13.2. The number of rotatable bonds is 3. The van der Waals surface area contributed by atoms with Crippen LogP contribution in [-0.2, 0) is 0 Å². The van der Waals surface area contributed by atoms with Crippen molar-refractivity contribution in [1.82, 2.24) is 4.90 Å². The molecule has 1 amide bonds. The van der Waals surface area contributed by atoms with Gasteiger partial charge in [0.05, 0.1) is 15.9 Å². The van der Waals surface area contributed by atoms with Crippen LogP contribution >= 0.6 is 11.3 Å². The molecular weight excluding hydrogens is 286 g/mol. The predicted molar refractivity (Wildman–Crippen MR) is 81.7 cm³/mol. The van der Waals surface area contributed by atoms with Gasteiger partial charge in [0.1, 0.15) is 0 Å². The summed E-state index contributed by atoms with van der Waals surface area (Å²) in [5.74, 6) is 1.15. The number of thiophene rings is 1. The van der Waals surface area contributed by atoms with Crippen LogP contribution in [0, 0.1) is 11.8 Å². The van der Waals surface area contributed by atoms with Crippen LogP contribution in [0.2, 0.25) is 0 Å². The van der Waals surface area contributed by atoms with E-state index in [1.165, 1.54) is 18.3 Å². The Kier molecular flexibility index (Phi) is 3.88. The maximum Gasteiger partial charge on any atom is 0.263 e. The fourth-order valence-corrected chi connectivity index (χ4v) is 4.73. The van der Waals surface area contributed by atoms with Crippen molar-refractivity contribution in [2.45, 2.75) is 44.8 Å². The summed E-state index contributed by atoms with van der Waals surface area (Å²) in [5, 5.41) is 9.69. The highest BCUT2D eigenvalue weighted by Crippen LogP contribution is 2.45.